The Labute approximate surface area is 97.8 Å². The molecular weight excluding hydrogens is 204 g/mol. The van der Waals surface area contributed by atoms with Crippen molar-refractivity contribution in [1.82, 2.24) is 10.6 Å². The van der Waals surface area contributed by atoms with Crippen LogP contribution in [0.25, 0.3) is 0 Å². The molecular formula is C12H24N2O2. The zero-order valence-electron chi connectivity index (χ0n) is 10.7. The average Bonchev–Trinajstić information content (AvgIpc) is 2.10. The van der Waals surface area contributed by atoms with Crippen molar-refractivity contribution in [2.45, 2.75) is 33.8 Å². The predicted molar refractivity (Wildman–Crippen MR) is 64.0 cm³/mol. The molecule has 0 bridgehead atoms. The fourth-order valence-corrected chi connectivity index (χ4v) is 1.94. The third-order valence-electron chi connectivity index (χ3n) is 3.30. The van der Waals surface area contributed by atoms with Crippen molar-refractivity contribution in [3.63, 3.8) is 0 Å². The summed E-state index contributed by atoms with van der Waals surface area (Å²) < 4.78 is 0. The first-order chi connectivity index (χ1) is 7.34. The maximum Gasteiger partial charge on any atom is 0.225 e. The smallest absolute Gasteiger partial charge is 0.225 e. The van der Waals surface area contributed by atoms with E-state index in [4.69, 9.17) is 0 Å². The summed E-state index contributed by atoms with van der Waals surface area (Å²) in [7, 11) is 0. The number of nitrogens with one attached hydrogen (secondary N) is 2. The van der Waals surface area contributed by atoms with E-state index in [0.29, 0.717) is 6.54 Å². The Morgan fingerprint density at radius 2 is 2.06 bits per heavy atom. The molecule has 4 nitrogen and oxygen atoms in total. The van der Waals surface area contributed by atoms with Gasteiger partial charge >= 0.3 is 0 Å². The largest absolute Gasteiger partial charge is 0.392 e. The van der Waals surface area contributed by atoms with Crippen LogP contribution in [0.15, 0.2) is 0 Å². The highest BCUT2D eigenvalue weighted by molar-refractivity contribution is 5.80. The van der Waals surface area contributed by atoms with Crippen LogP contribution in [-0.4, -0.2) is 36.8 Å². The summed E-state index contributed by atoms with van der Waals surface area (Å²) in [6.07, 6.45) is -0.396. The molecule has 1 amide bonds. The van der Waals surface area contributed by atoms with E-state index >= 15 is 0 Å². The second-order valence-corrected chi connectivity index (χ2v) is 5.75. The van der Waals surface area contributed by atoms with E-state index in [1.807, 2.05) is 27.7 Å². The van der Waals surface area contributed by atoms with Gasteiger partial charge in [-0.05, 0) is 5.92 Å². The van der Waals surface area contributed by atoms with Gasteiger partial charge in [-0.3, -0.25) is 4.79 Å². The summed E-state index contributed by atoms with van der Waals surface area (Å²) in [5.74, 6) is 0.423. The van der Waals surface area contributed by atoms with Gasteiger partial charge in [0.1, 0.15) is 0 Å². The van der Waals surface area contributed by atoms with Crippen LogP contribution in [0.5, 0.6) is 0 Å². The lowest BCUT2D eigenvalue weighted by Gasteiger charge is -2.34. The Hall–Kier alpha value is -0.610. The lowest BCUT2D eigenvalue weighted by atomic mass is 9.80. The number of aliphatic hydroxyl groups excluding tert-OH is 1. The predicted octanol–water partition coefficient (Wildman–Crippen LogP) is 0.365. The highest BCUT2D eigenvalue weighted by Gasteiger charge is 2.32. The number of amides is 1. The standard InChI is InChI=1S/C12H24N2O2/c1-8(2)10(15)12(3,4)7-14-11(16)9-5-13-6-9/h8-10,13,15H,5-7H2,1-4H3,(H,14,16). The van der Waals surface area contributed by atoms with E-state index in [1.54, 1.807) is 0 Å². The normalized spacial score (nSPS) is 19.4. The van der Waals surface area contributed by atoms with Crippen LogP contribution in [0, 0.1) is 17.3 Å². The minimum atomic E-state index is -0.396. The molecule has 1 heterocycles. The molecule has 0 aromatic heterocycles. The van der Waals surface area contributed by atoms with Crippen molar-refractivity contribution in [3.8, 4) is 0 Å². The highest BCUT2D eigenvalue weighted by Crippen LogP contribution is 2.25. The van der Waals surface area contributed by atoms with E-state index in [9.17, 15) is 9.90 Å². The number of carbonyl (C=O) groups excluding carboxylic acids is 1. The van der Waals surface area contributed by atoms with Crippen LogP contribution in [0.2, 0.25) is 0 Å². The van der Waals surface area contributed by atoms with Gasteiger partial charge in [-0.2, -0.15) is 0 Å². The van der Waals surface area contributed by atoms with Gasteiger partial charge in [0.2, 0.25) is 5.91 Å². The van der Waals surface area contributed by atoms with E-state index < -0.39 is 6.10 Å². The molecule has 94 valence electrons. The van der Waals surface area contributed by atoms with E-state index in [2.05, 4.69) is 10.6 Å². The lowest BCUT2D eigenvalue weighted by Crippen LogP contribution is -2.53. The molecule has 4 heteroatoms. The Morgan fingerprint density at radius 3 is 2.44 bits per heavy atom. The number of aliphatic hydroxyl groups is 1. The maximum atomic E-state index is 11.6. The van der Waals surface area contributed by atoms with Crippen LogP contribution < -0.4 is 10.6 Å². The third kappa shape index (κ3) is 3.19. The molecule has 0 aliphatic carbocycles. The molecule has 1 aliphatic rings. The number of hydrogen-bond acceptors (Lipinski definition) is 3. The third-order valence-corrected chi connectivity index (χ3v) is 3.30. The zero-order chi connectivity index (χ0) is 12.3. The molecule has 1 fully saturated rings. The first-order valence-electron chi connectivity index (χ1n) is 6.01. The summed E-state index contributed by atoms with van der Waals surface area (Å²) in [5.41, 5.74) is -0.277. The molecule has 3 N–H and O–H groups in total. The maximum absolute atomic E-state index is 11.6. The minimum Gasteiger partial charge on any atom is -0.392 e. The molecule has 0 aromatic rings. The van der Waals surface area contributed by atoms with Gasteiger partial charge in [0, 0.05) is 25.0 Å². The Morgan fingerprint density at radius 1 is 1.50 bits per heavy atom. The van der Waals surface area contributed by atoms with Gasteiger partial charge in [0.05, 0.1) is 12.0 Å². The van der Waals surface area contributed by atoms with Crippen molar-refractivity contribution in [2.75, 3.05) is 19.6 Å². The first-order valence-corrected chi connectivity index (χ1v) is 6.01. The molecule has 1 atom stereocenters. The van der Waals surface area contributed by atoms with Gasteiger partial charge in [0.15, 0.2) is 0 Å². The van der Waals surface area contributed by atoms with Gasteiger partial charge < -0.3 is 15.7 Å². The van der Waals surface area contributed by atoms with Crippen molar-refractivity contribution < 1.29 is 9.90 Å². The van der Waals surface area contributed by atoms with Crippen LogP contribution >= 0.6 is 0 Å². The van der Waals surface area contributed by atoms with Gasteiger partial charge in [-0.1, -0.05) is 27.7 Å². The molecule has 1 unspecified atom stereocenters. The van der Waals surface area contributed by atoms with Gasteiger partial charge in [-0.25, -0.2) is 0 Å². The fourth-order valence-electron chi connectivity index (χ4n) is 1.94. The minimum absolute atomic E-state index is 0.0998. The Bertz CT molecular complexity index is 247. The number of carbonyl (C=O) groups is 1. The van der Waals surface area contributed by atoms with Crippen LogP contribution in [0.3, 0.4) is 0 Å². The second-order valence-electron chi connectivity index (χ2n) is 5.75. The molecule has 0 aromatic carbocycles. The summed E-state index contributed by atoms with van der Waals surface area (Å²) in [5, 5.41) is 16.0. The van der Waals surface area contributed by atoms with E-state index in [1.165, 1.54) is 0 Å². The van der Waals surface area contributed by atoms with Crippen LogP contribution in [0.1, 0.15) is 27.7 Å². The van der Waals surface area contributed by atoms with Crippen LogP contribution in [-0.2, 0) is 4.79 Å². The zero-order valence-corrected chi connectivity index (χ0v) is 10.7. The number of rotatable bonds is 5. The first kappa shape index (κ1) is 13.5. The second kappa shape index (κ2) is 5.15. The lowest BCUT2D eigenvalue weighted by molar-refractivity contribution is -0.127. The van der Waals surface area contributed by atoms with E-state index in [-0.39, 0.29) is 23.2 Å². The molecule has 0 radical (unpaired) electrons. The Kier molecular flexibility index (Phi) is 4.33. The van der Waals surface area contributed by atoms with Crippen molar-refractivity contribution in [3.05, 3.63) is 0 Å². The van der Waals surface area contributed by atoms with E-state index in [0.717, 1.165) is 13.1 Å². The molecule has 16 heavy (non-hydrogen) atoms. The monoisotopic (exact) mass is 228 g/mol. The van der Waals surface area contributed by atoms with Gasteiger partial charge in [-0.15, -0.1) is 0 Å². The molecule has 1 saturated heterocycles. The quantitative estimate of drug-likeness (QED) is 0.637. The van der Waals surface area contributed by atoms with Crippen molar-refractivity contribution in [1.29, 1.82) is 0 Å². The Balaban J connectivity index is 2.37. The SMILES string of the molecule is CC(C)C(O)C(C)(C)CNC(=O)C1CNC1. The van der Waals surface area contributed by atoms with Gasteiger partial charge in [0.25, 0.3) is 0 Å². The molecule has 1 rings (SSSR count). The molecule has 0 spiro atoms. The summed E-state index contributed by atoms with van der Waals surface area (Å²) in [4.78, 5) is 11.6. The van der Waals surface area contributed by atoms with Crippen molar-refractivity contribution in [2.24, 2.45) is 17.3 Å². The molecule has 1 aliphatic heterocycles. The average molecular weight is 228 g/mol. The summed E-state index contributed by atoms with van der Waals surface area (Å²) in [6, 6.07) is 0. The fraction of sp³-hybridized carbons (Fsp3) is 0.917. The summed E-state index contributed by atoms with van der Waals surface area (Å²) >= 11 is 0. The number of hydrogen-bond donors (Lipinski definition) is 3. The molecule has 0 saturated carbocycles. The van der Waals surface area contributed by atoms with Crippen LogP contribution in [0.4, 0.5) is 0 Å². The van der Waals surface area contributed by atoms with Crippen molar-refractivity contribution >= 4 is 5.91 Å². The summed E-state index contributed by atoms with van der Waals surface area (Å²) in [6.45, 7) is 10.0. The highest BCUT2D eigenvalue weighted by atomic mass is 16.3. The topological polar surface area (TPSA) is 61.4 Å².